The number of aliphatic hydroxyl groups excluding tert-OH is 1. The molecule has 8 heteroatoms. The molecule has 1 atom stereocenters. The number of fused-ring (bicyclic) bond motifs is 3. The average Bonchev–Trinajstić information content (AvgIpc) is 3.41. The molecule has 0 spiro atoms. The molecule has 3 N–H and O–H groups in total. The van der Waals surface area contributed by atoms with Crippen molar-refractivity contribution in [3.05, 3.63) is 101 Å². The van der Waals surface area contributed by atoms with Gasteiger partial charge < -0.3 is 10.4 Å². The van der Waals surface area contributed by atoms with Gasteiger partial charge in [0.1, 0.15) is 0 Å². The van der Waals surface area contributed by atoms with E-state index in [0.29, 0.717) is 18.5 Å². The molecule has 0 radical (unpaired) electrons. The molecular formula is C35H33N5O3. The summed E-state index contributed by atoms with van der Waals surface area (Å²) in [6.07, 6.45) is 11.4. The second kappa shape index (κ2) is 11.7. The monoisotopic (exact) mass is 571 g/mol. The normalized spacial score (nSPS) is 14.6. The highest BCUT2D eigenvalue weighted by Crippen LogP contribution is 2.43. The zero-order valence-corrected chi connectivity index (χ0v) is 23.8. The molecule has 1 unspecified atom stereocenters. The molecule has 1 amide bonds. The first-order valence-corrected chi connectivity index (χ1v) is 14.6. The van der Waals surface area contributed by atoms with E-state index in [1.165, 1.54) is 4.40 Å². The summed E-state index contributed by atoms with van der Waals surface area (Å²) in [6, 6.07) is 22.0. The van der Waals surface area contributed by atoms with Crippen molar-refractivity contribution < 1.29 is 9.90 Å². The van der Waals surface area contributed by atoms with Crippen molar-refractivity contribution >= 4 is 22.5 Å². The summed E-state index contributed by atoms with van der Waals surface area (Å²) in [7, 11) is 0. The first-order valence-electron chi connectivity index (χ1n) is 14.6. The van der Waals surface area contributed by atoms with Crippen LogP contribution in [0.5, 0.6) is 0 Å². The lowest BCUT2D eigenvalue weighted by Crippen LogP contribution is -2.51. The van der Waals surface area contributed by atoms with E-state index in [-0.39, 0.29) is 17.2 Å². The number of hydrogen-bond donors (Lipinski definition) is 3. The Bertz CT molecular complexity index is 1910. The van der Waals surface area contributed by atoms with Crippen molar-refractivity contribution in [3.8, 4) is 34.7 Å². The van der Waals surface area contributed by atoms with Crippen LogP contribution in [-0.2, 0) is 10.3 Å². The van der Waals surface area contributed by atoms with E-state index >= 15 is 0 Å². The second-order valence-electron chi connectivity index (χ2n) is 11.2. The van der Waals surface area contributed by atoms with Gasteiger partial charge in [0.2, 0.25) is 5.91 Å². The van der Waals surface area contributed by atoms with E-state index in [2.05, 4.69) is 28.0 Å². The highest BCUT2D eigenvalue weighted by Gasteiger charge is 2.40. The molecule has 216 valence electrons. The van der Waals surface area contributed by atoms with Crippen LogP contribution in [0.4, 0.5) is 0 Å². The predicted octanol–water partition coefficient (Wildman–Crippen LogP) is 5.51. The Balaban J connectivity index is 1.30. The SMILES string of the molecule is C#CCCCCC(O)C(=C)C(=O)NC1(c2ccc(-c3nc4ccn5c(=O)[nH]nc5c4cc3-c3ccccc3)cc2)CCC1. The van der Waals surface area contributed by atoms with Gasteiger partial charge in [0.15, 0.2) is 5.65 Å². The lowest BCUT2D eigenvalue weighted by atomic mass is 9.71. The maximum absolute atomic E-state index is 13.1. The van der Waals surface area contributed by atoms with Crippen LogP contribution in [0.25, 0.3) is 38.9 Å². The summed E-state index contributed by atoms with van der Waals surface area (Å²) < 4.78 is 1.48. The molecule has 8 nitrogen and oxygen atoms in total. The van der Waals surface area contributed by atoms with Gasteiger partial charge in [-0.05, 0) is 61.8 Å². The summed E-state index contributed by atoms with van der Waals surface area (Å²) in [5, 5.41) is 21.2. The number of carbonyl (C=O) groups is 1. The van der Waals surface area contributed by atoms with E-state index in [9.17, 15) is 14.7 Å². The third-order valence-corrected chi connectivity index (χ3v) is 8.48. The number of amides is 1. The van der Waals surface area contributed by atoms with Gasteiger partial charge in [0, 0.05) is 34.7 Å². The number of aromatic amines is 1. The summed E-state index contributed by atoms with van der Waals surface area (Å²) >= 11 is 0. The van der Waals surface area contributed by atoms with Gasteiger partial charge in [0.05, 0.1) is 22.9 Å². The molecule has 1 fully saturated rings. The van der Waals surface area contributed by atoms with Gasteiger partial charge in [-0.15, -0.1) is 12.3 Å². The Kier molecular flexibility index (Phi) is 7.66. The number of nitrogens with one attached hydrogen (secondary N) is 2. The van der Waals surface area contributed by atoms with Gasteiger partial charge in [-0.2, -0.15) is 5.10 Å². The van der Waals surface area contributed by atoms with Crippen molar-refractivity contribution in [2.75, 3.05) is 0 Å². The highest BCUT2D eigenvalue weighted by atomic mass is 16.3. The number of aromatic nitrogens is 4. The van der Waals surface area contributed by atoms with Crippen LogP contribution in [0.1, 0.15) is 50.5 Å². The van der Waals surface area contributed by atoms with Crippen molar-refractivity contribution in [3.63, 3.8) is 0 Å². The van der Waals surface area contributed by atoms with Gasteiger partial charge >= 0.3 is 5.69 Å². The third kappa shape index (κ3) is 5.36. The Labute approximate surface area is 249 Å². The quantitative estimate of drug-likeness (QED) is 0.116. The molecule has 1 aliphatic carbocycles. The lowest BCUT2D eigenvalue weighted by molar-refractivity contribution is -0.121. The van der Waals surface area contributed by atoms with Crippen LogP contribution in [0.3, 0.4) is 0 Å². The molecule has 1 saturated carbocycles. The molecule has 1 aliphatic rings. The van der Waals surface area contributed by atoms with E-state index in [0.717, 1.165) is 71.0 Å². The minimum Gasteiger partial charge on any atom is -0.388 e. The van der Waals surface area contributed by atoms with Crippen LogP contribution in [0, 0.1) is 12.3 Å². The Morgan fingerprint density at radius 1 is 1.12 bits per heavy atom. The largest absolute Gasteiger partial charge is 0.388 e. The number of benzene rings is 2. The van der Waals surface area contributed by atoms with Crippen molar-refractivity contribution in [2.45, 2.75) is 56.6 Å². The Morgan fingerprint density at radius 3 is 2.58 bits per heavy atom. The highest BCUT2D eigenvalue weighted by molar-refractivity contribution is 5.98. The number of aliphatic hydroxyl groups is 1. The molecule has 0 aliphatic heterocycles. The zero-order valence-electron chi connectivity index (χ0n) is 23.8. The molecule has 5 aromatic rings. The van der Waals surface area contributed by atoms with Crippen LogP contribution >= 0.6 is 0 Å². The topological polar surface area (TPSA) is 112 Å². The minimum absolute atomic E-state index is 0.185. The Morgan fingerprint density at radius 2 is 1.88 bits per heavy atom. The van der Waals surface area contributed by atoms with Crippen LogP contribution in [0.2, 0.25) is 0 Å². The van der Waals surface area contributed by atoms with E-state index in [1.807, 2.05) is 66.7 Å². The standard InChI is InChI=1S/C35H33N5O3/c1-3-4-5-9-13-30(41)23(2)33(42)37-35(19-10-20-35)26-16-14-25(15-17-26)31-27(24-11-7-6-8-12-24)22-28-29(36-31)18-21-40-32(28)38-39-34(40)43/h1,6-8,11-12,14-18,21-22,30,41H,2,4-5,9-10,13,19-20H2,(H,37,42)(H,39,43). The van der Waals surface area contributed by atoms with Crippen LogP contribution < -0.4 is 11.0 Å². The van der Waals surface area contributed by atoms with E-state index in [4.69, 9.17) is 11.4 Å². The molecular weight excluding hydrogens is 538 g/mol. The van der Waals surface area contributed by atoms with Crippen LogP contribution in [0.15, 0.2) is 89.9 Å². The van der Waals surface area contributed by atoms with Gasteiger partial charge in [-0.3, -0.25) is 4.79 Å². The molecule has 3 heterocycles. The molecule has 0 saturated heterocycles. The molecule has 2 aromatic carbocycles. The lowest BCUT2D eigenvalue weighted by Gasteiger charge is -2.43. The smallest absolute Gasteiger partial charge is 0.347 e. The van der Waals surface area contributed by atoms with E-state index in [1.54, 1.807) is 6.20 Å². The van der Waals surface area contributed by atoms with Crippen molar-refractivity contribution in [2.24, 2.45) is 0 Å². The van der Waals surface area contributed by atoms with Crippen LogP contribution in [-0.4, -0.2) is 36.7 Å². The summed E-state index contributed by atoms with van der Waals surface area (Å²) in [6.45, 7) is 3.89. The van der Waals surface area contributed by atoms with Gasteiger partial charge in [0.25, 0.3) is 0 Å². The summed E-state index contributed by atoms with van der Waals surface area (Å²) in [5.74, 6) is 2.28. The molecule has 6 rings (SSSR count). The average molecular weight is 572 g/mol. The molecule has 0 bridgehead atoms. The number of hydrogen-bond acceptors (Lipinski definition) is 5. The molecule has 43 heavy (non-hydrogen) atoms. The zero-order chi connectivity index (χ0) is 30.0. The number of unbranched alkanes of at least 4 members (excludes halogenated alkanes) is 2. The summed E-state index contributed by atoms with van der Waals surface area (Å²) in [5.41, 5.74) is 5.29. The fourth-order valence-corrected chi connectivity index (χ4v) is 5.82. The minimum atomic E-state index is -0.894. The number of nitrogens with zero attached hydrogens (tertiary/aromatic N) is 3. The van der Waals surface area contributed by atoms with E-state index < -0.39 is 11.6 Å². The number of rotatable bonds is 10. The maximum Gasteiger partial charge on any atom is 0.347 e. The van der Waals surface area contributed by atoms with Crippen molar-refractivity contribution in [1.29, 1.82) is 0 Å². The predicted molar refractivity (Wildman–Crippen MR) is 168 cm³/mol. The number of terminal acetylenes is 1. The Hall–Kier alpha value is -5.00. The third-order valence-electron chi connectivity index (χ3n) is 8.48. The first-order chi connectivity index (χ1) is 20.9. The molecule has 3 aromatic heterocycles. The number of carbonyl (C=O) groups excluding carboxylic acids is 1. The number of pyridine rings is 2. The second-order valence-corrected chi connectivity index (χ2v) is 11.2. The summed E-state index contributed by atoms with van der Waals surface area (Å²) in [4.78, 5) is 30.4. The number of H-pyrrole nitrogens is 1. The fourth-order valence-electron chi connectivity index (χ4n) is 5.82. The van der Waals surface area contributed by atoms with Gasteiger partial charge in [-0.25, -0.2) is 19.3 Å². The fraction of sp³-hybridized carbons (Fsp3) is 0.257. The van der Waals surface area contributed by atoms with Crippen molar-refractivity contribution in [1.82, 2.24) is 24.9 Å². The first kappa shape index (κ1) is 28.1. The van der Waals surface area contributed by atoms with Gasteiger partial charge in [-0.1, -0.05) is 61.2 Å². The maximum atomic E-state index is 13.1.